The fourth-order valence-electron chi connectivity index (χ4n) is 1.94. The van der Waals surface area contributed by atoms with Crippen LogP contribution in [0.25, 0.3) is 11.0 Å². The zero-order valence-corrected chi connectivity index (χ0v) is 10.1. The van der Waals surface area contributed by atoms with E-state index in [0.29, 0.717) is 23.8 Å². The minimum atomic E-state index is -0.996. The Labute approximate surface area is 107 Å². The van der Waals surface area contributed by atoms with Gasteiger partial charge in [-0.15, -0.1) is 0 Å². The molecule has 0 aliphatic rings. The van der Waals surface area contributed by atoms with Crippen LogP contribution in [0, 0.1) is 6.92 Å². The maximum absolute atomic E-state index is 11.1. The summed E-state index contributed by atoms with van der Waals surface area (Å²) in [6, 6.07) is 5.01. The molecular weight excluding hydrogens is 248 g/mol. The predicted molar refractivity (Wildman–Crippen MR) is 64.8 cm³/mol. The first kappa shape index (κ1) is 11.4. The Hall–Kier alpha value is -2.70. The molecule has 3 rings (SSSR count). The molecule has 0 aliphatic carbocycles. The van der Waals surface area contributed by atoms with Crippen LogP contribution in [0.2, 0.25) is 0 Å². The average molecular weight is 258 g/mol. The first-order valence-corrected chi connectivity index (χ1v) is 5.61. The zero-order chi connectivity index (χ0) is 13.4. The lowest BCUT2D eigenvalue weighted by molar-refractivity contribution is 0.0699. The fourth-order valence-corrected chi connectivity index (χ4v) is 1.94. The van der Waals surface area contributed by atoms with Crippen LogP contribution in [0.3, 0.4) is 0 Å². The smallest absolute Gasteiger partial charge is 0.337 e. The number of benzene rings is 1. The van der Waals surface area contributed by atoms with E-state index in [9.17, 15) is 4.79 Å². The summed E-state index contributed by atoms with van der Waals surface area (Å²) in [5.41, 5.74) is 1.35. The molecule has 0 atom stereocenters. The number of carbonyl (C=O) groups is 1. The summed E-state index contributed by atoms with van der Waals surface area (Å²) in [7, 11) is 0. The number of imidazole rings is 1. The molecule has 0 spiro atoms. The Morgan fingerprint density at radius 3 is 3.00 bits per heavy atom. The first-order chi connectivity index (χ1) is 9.15. The van der Waals surface area contributed by atoms with E-state index in [1.807, 2.05) is 0 Å². The Morgan fingerprint density at radius 2 is 2.32 bits per heavy atom. The van der Waals surface area contributed by atoms with Gasteiger partial charge < -0.3 is 14.2 Å². The second kappa shape index (κ2) is 4.20. The fraction of sp³-hybridized carbons (Fsp3) is 0.167. The molecule has 7 heteroatoms. The minimum absolute atomic E-state index is 0.179. The van der Waals surface area contributed by atoms with Gasteiger partial charge in [0.25, 0.3) is 0 Å². The van der Waals surface area contributed by atoms with Gasteiger partial charge in [-0.1, -0.05) is 11.2 Å². The van der Waals surface area contributed by atoms with Crippen molar-refractivity contribution < 1.29 is 14.4 Å². The van der Waals surface area contributed by atoms with Crippen molar-refractivity contribution >= 4 is 17.0 Å². The summed E-state index contributed by atoms with van der Waals surface area (Å²) in [6.45, 7) is 2.10. The second-order valence-corrected chi connectivity index (χ2v) is 4.09. The van der Waals surface area contributed by atoms with Gasteiger partial charge in [0.1, 0.15) is 12.1 Å². The normalized spacial score (nSPS) is 11.0. The zero-order valence-electron chi connectivity index (χ0n) is 10.1. The van der Waals surface area contributed by atoms with Crippen molar-refractivity contribution in [3.05, 3.63) is 41.8 Å². The molecule has 96 valence electrons. The quantitative estimate of drug-likeness (QED) is 0.764. The van der Waals surface area contributed by atoms with Crippen molar-refractivity contribution in [3.63, 3.8) is 0 Å². The Balaban J connectivity index is 2.06. The van der Waals surface area contributed by atoms with Crippen LogP contribution in [0.15, 0.2) is 29.0 Å². The number of aryl methyl sites for hydroxylation is 1. The van der Waals surface area contributed by atoms with E-state index in [2.05, 4.69) is 15.1 Å². The Morgan fingerprint density at radius 1 is 1.47 bits per heavy atom. The van der Waals surface area contributed by atoms with Crippen LogP contribution < -0.4 is 0 Å². The van der Waals surface area contributed by atoms with Gasteiger partial charge in [0, 0.05) is 0 Å². The van der Waals surface area contributed by atoms with E-state index in [4.69, 9.17) is 9.63 Å². The number of hydrogen-bond acceptors (Lipinski definition) is 5. The number of hydrogen-bond donors (Lipinski definition) is 1. The molecule has 0 saturated heterocycles. The van der Waals surface area contributed by atoms with Crippen molar-refractivity contribution in [3.8, 4) is 0 Å². The summed E-state index contributed by atoms with van der Waals surface area (Å²) < 4.78 is 6.81. The van der Waals surface area contributed by atoms with Gasteiger partial charge in [0.15, 0.2) is 5.82 Å². The lowest BCUT2D eigenvalue weighted by atomic mass is 10.2. The van der Waals surface area contributed by atoms with Gasteiger partial charge in [-0.3, -0.25) is 0 Å². The number of aromatic carboxylic acids is 1. The molecule has 1 aromatic carbocycles. The molecular formula is C12H10N4O3. The molecule has 0 saturated carbocycles. The molecule has 3 aromatic rings. The van der Waals surface area contributed by atoms with Crippen LogP contribution in [0.1, 0.15) is 22.1 Å². The number of para-hydroxylation sites is 1. The third kappa shape index (κ3) is 1.95. The molecule has 0 radical (unpaired) electrons. The van der Waals surface area contributed by atoms with Crippen LogP contribution in [-0.4, -0.2) is 30.8 Å². The van der Waals surface area contributed by atoms with Crippen molar-refractivity contribution in [2.24, 2.45) is 0 Å². The van der Waals surface area contributed by atoms with Crippen LogP contribution >= 0.6 is 0 Å². The highest BCUT2D eigenvalue weighted by Crippen LogP contribution is 2.18. The van der Waals surface area contributed by atoms with E-state index >= 15 is 0 Å². The van der Waals surface area contributed by atoms with Crippen LogP contribution in [-0.2, 0) is 6.54 Å². The highest BCUT2D eigenvalue weighted by atomic mass is 16.5. The summed E-state index contributed by atoms with van der Waals surface area (Å²) >= 11 is 0. The van der Waals surface area contributed by atoms with Crippen molar-refractivity contribution in [1.29, 1.82) is 0 Å². The minimum Gasteiger partial charge on any atom is -0.478 e. The summed E-state index contributed by atoms with van der Waals surface area (Å²) in [5.74, 6) is 0.0210. The summed E-state index contributed by atoms with van der Waals surface area (Å²) in [5, 5.41) is 12.8. The number of rotatable bonds is 3. The number of fused-ring (bicyclic) bond motifs is 1. The van der Waals surface area contributed by atoms with Gasteiger partial charge in [-0.25, -0.2) is 9.78 Å². The molecule has 2 heterocycles. The molecule has 0 unspecified atom stereocenters. The SMILES string of the molecule is Cc1noc(Cn2cnc3c(C(=O)O)cccc32)n1. The van der Waals surface area contributed by atoms with Crippen molar-refractivity contribution in [2.75, 3.05) is 0 Å². The molecule has 0 aliphatic heterocycles. The molecule has 0 amide bonds. The second-order valence-electron chi connectivity index (χ2n) is 4.09. The van der Waals surface area contributed by atoms with E-state index in [0.717, 1.165) is 5.52 Å². The first-order valence-electron chi connectivity index (χ1n) is 5.61. The highest BCUT2D eigenvalue weighted by Gasteiger charge is 2.13. The van der Waals surface area contributed by atoms with Crippen molar-refractivity contribution in [1.82, 2.24) is 19.7 Å². The van der Waals surface area contributed by atoms with Gasteiger partial charge in [0.2, 0.25) is 5.89 Å². The largest absolute Gasteiger partial charge is 0.478 e. The van der Waals surface area contributed by atoms with Crippen LogP contribution in [0.5, 0.6) is 0 Å². The van der Waals surface area contributed by atoms with E-state index < -0.39 is 5.97 Å². The molecule has 1 N–H and O–H groups in total. The maximum atomic E-state index is 11.1. The number of aromatic nitrogens is 4. The standard InChI is InChI=1S/C12H10N4O3/c1-7-14-10(19-15-7)5-16-6-13-11-8(12(17)18)3-2-4-9(11)16/h2-4,6H,5H2,1H3,(H,17,18). The highest BCUT2D eigenvalue weighted by molar-refractivity contribution is 6.00. The van der Waals surface area contributed by atoms with Gasteiger partial charge in [0.05, 0.1) is 17.4 Å². The topological polar surface area (TPSA) is 94.0 Å². The molecule has 7 nitrogen and oxygen atoms in total. The molecule has 0 bridgehead atoms. The lowest BCUT2D eigenvalue weighted by Gasteiger charge is -2.00. The summed E-state index contributed by atoms with van der Waals surface area (Å²) in [4.78, 5) is 19.3. The third-order valence-electron chi connectivity index (χ3n) is 2.76. The van der Waals surface area contributed by atoms with Gasteiger partial charge in [-0.05, 0) is 19.1 Å². The predicted octanol–water partition coefficient (Wildman–Crippen LogP) is 1.47. The Bertz CT molecular complexity index is 759. The van der Waals surface area contributed by atoms with E-state index in [1.54, 1.807) is 30.0 Å². The maximum Gasteiger partial charge on any atom is 0.337 e. The van der Waals surface area contributed by atoms with Crippen LogP contribution in [0.4, 0.5) is 0 Å². The van der Waals surface area contributed by atoms with Crippen molar-refractivity contribution in [2.45, 2.75) is 13.5 Å². The third-order valence-corrected chi connectivity index (χ3v) is 2.76. The lowest BCUT2D eigenvalue weighted by Crippen LogP contribution is -2.00. The molecule has 2 aromatic heterocycles. The van der Waals surface area contributed by atoms with Gasteiger partial charge in [-0.2, -0.15) is 4.98 Å². The van der Waals surface area contributed by atoms with Gasteiger partial charge >= 0.3 is 5.97 Å². The van der Waals surface area contributed by atoms with E-state index in [1.165, 1.54) is 6.07 Å². The number of carboxylic acid groups (broad SMARTS) is 1. The number of nitrogens with zero attached hydrogens (tertiary/aromatic N) is 4. The number of carboxylic acids is 1. The van der Waals surface area contributed by atoms with E-state index in [-0.39, 0.29) is 5.56 Å². The monoisotopic (exact) mass is 258 g/mol. The molecule has 0 fully saturated rings. The summed E-state index contributed by atoms with van der Waals surface area (Å²) in [6.07, 6.45) is 1.57. The molecule has 19 heavy (non-hydrogen) atoms. The Kier molecular flexibility index (Phi) is 2.52. The average Bonchev–Trinajstić information content (AvgIpc) is 2.97.